The van der Waals surface area contributed by atoms with Gasteiger partial charge in [-0.15, -0.1) is 5.10 Å². The van der Waals surface area contributed by atoms with Gasteiger partial charge >= 0.3 is 0 Å². The van der Waals surface area contributed by atoms with Crippen LogP contribution in [0.4, 0.5) is 11.8 Å². The second-order valence-electron chi connectivity index (χ2n) is 10.3. The van der Waals surface area contributed by atoms with Crippen molar-refractivity contribution in [2.24, 2.45) is 16.8 Å². The largest absolute Gasteiger partial charge is 0.381 e. The van der Waals surface area contributed by atoms with Gasteiger partial charge in [0.2, 0.25) is 5.95 Å². The van der Waals surface area contributed by atoms with E-state index in [1.807, 2.05) is 23.1 Å². The molecule has 8 heteroatoms. The SMILES string of the molecule is CNC1CCC(Nc2ncc3c(-c4cnc5c(c4)C[C@H](C4CCOCC4)C(C)=N5)ccn3n2)CC1. The first kappa shape index (κ1) is 22.6. The molecule has 0 amide bonds. The first-order chi connectivity index (χ1) is 17.2. The molecule has 0 unspecified atom stereocenters. The zero-order valence-corrected chi connectivity index (χ0v) is 20.7. The summed E-state index contributed by atoms with van der Waals surface area (Å²) in [7, 11) is 2.05. The van der Waals surface area contributed by atoms with Crippen LogP contribution >= 0.6 is 0 Å². The molecule has 0 spiro atoms. The van der Waals surface area contributed by atoms with Crippen LogP contribution < -0.4 is 10.6 Å². The van der Waals surface area contributed by atoms with Crippen LogP contribution in [-0.2, 0) is 11.2 Å². The summed E-state index contributed by atoms with van der Waals surface area (Å²) in [5.41, 5.74) is 5.65. The maximum absolute atomic E-state index is 5.59. The Bertz CT molecular complexity index is 1220. The minimum atomic E-state index is 0.435. The normalized spacial score (nSPS) is 25.3. The van der Waals surface area contributed by atoms with Gasteiger partial charge < -0.3 is 15.4 Å². The predicted octanol–water partition coefficient (Wildman–Crippen LogP) is 4.43. The molecule has 1 saturated heterocycles. The summed E-state index contributed by atoms with van der Waals surface area (Å²) < 4.78 is 7.52. The van der Waals surface area contributed by atoms with Crippen LogP contribution in [0.15, 0.2) is 35.7 Å². The highest BCUT2D eigenvalue weighted by molar-refractivity contribution is 5.89. The third-order valence-corrected chi connectivity index (χ3v) is 8.23. The van der Waals surface area contributed by atoms with Gasteiger partial charge in [0, 0.05) is 60.4 Å². The Kier molecular flexibility index (Phi) is 6.24. The van der Waals surface area contributed by atoms with E-state index < -0.39 is 0 Å². The molecule has 1 atom stereocenters. The number of fused-ring (bicyclic) bond motifs is 2. The van der Waals surface area contributed by atoms with Gasteiger partial charge in [0.05, 0.1) is 11.7 Å². The van der Waals surface area contributed by atoms with Crippen molar-refractivity contribution in [3.8, 4) is 11.1 Å². The summed E-state index contributed by atoms with van der Waals surface area (Å²) in [5.74, 6) is 2.69. The molecule has 6 rings (SSSR count). The van der Waals surface area contributed by atoms with Crippen molar-refractivity contribution in [2.75, 3.05) is 25.6 Å². The highest BCUT2D eigenvalue weighted by Crippen LogP contribution is 2.37. The van der Waals surface area contributed by atoms with Gasteiger partial charge in [-0.25, -0.2) is 19.5 Å². The lowest BCUT2D eigenvalue weighted by Crippen LogP contribution is -2.35. The number of rotatable bonds is 5. The van der Waals surface area contributed by atoms with Crippen molar-refractivity contribution in [1.82, 2.24) is 24.9 Å². The van der Waals surface area contributed by atoms with Gasteiger partial charge in [-0.2, -0.15) is 0 Å². The number of hydrogen-bond donors (Lipinski definition) is 2. The second kappa shape index (κ2) is 9.66. The molecular weight excluding hydrogens is 438 g/mol. The van der Waals surface area contributed by atoms with E-state index in [4.69, 9.17) is 19.8 Å². The Morgan fingerprint density at radius 1 is 1.00 bits per heavy atom. The van der Waals surface area contributed by atoms with Gasteiger partial charge in [-0.05, 0) is 82.5 Å². The molecular formula is C27H35N7O. The molecule has 3 aromatic rings. The fourth-order valence-electron chi connectivity index (χ4n) is 6.08. The van der Waals surface area contributed by atoms with E-state index in [0.717, 1.165) is 67.8 Å². The Labute approximate surface area is 206 Å². The van der Waals surface area contributed by atoms with Crippen molar-refractivity contribution < 1.29 is 4.74 Å². The summed E-state index contributed by atoms with van der Waals surface area (Å²) >= 11 is 0. The molecule has 3 aliphatic rings. The minimum Gasteiger partial charge on any atom is -0.381 e. The molecule has 1 aliphatic carbocycles. The van der Waals surface area contributed by atoms with Crippen molar-refractivity contribution in [1.29, 1.82) is 0 Å². The van der Waals surface area contributed by atoms with Crippen LogP contribution in [-0.4, -0.2) is 57.6 Å². The van der Waals surface area contributed by atoms with Gasteiger partial charge in [-0.3, -0.25) is 0 Å². The minimum absolute atomic E-state index is 0.435. The number of pyridine rings is 1. The van der Waals surface area contributed by atoms with Crippen molar-refractivity contribution in [2.45, 2.75) is 64.0 Å². The number of aromatic nitrogens is 4. The highest BCUT2D eigenvalue weighted by atomic mass is 16.5. The third kappa shape index (κ3) is 4.57. The smallest absolute Gasteiger partial charge is 0.241 e. The van der Waals surface area contributed by atoms with Crippen LogP contribution in [0.1, 0.15) is 51.0 Å². The van der Waals surface area contributed by atoms with Crippen LogP contribution in [0.2, 0.25) is 0 Å². The average molecular weight is 474 g/mol. The monoisotopic (exact) mass is 473 g/mol. The summed E-state index contributed by atoms with van der Waals surface area (Å²) in [5, 5.41) is 11.7. The lowest BCUT2D eigenvalue weighted by atomic mass is 9.78. The second-order valence-corrected chi connectivity index (χ2v) is 10.3. The van der Waals surface area contributed by atoms with E-state index in [1.54, 1.807) is 0 Å². The Morgan fingerprint density at radius 3 is 2.60 bits per heavy atom. The molecule has 3 aromatic heterocycles. The first-order valence-electron chi connectivity index (χ1n) is 13.1. The van der Waals surface area contributed by atoms with Gasteiger partial charge in [0.25, 0.3) is 0 Å². The zero-order valence-electron chi connectivity index (χ0n) is 20.7. The number of nitrogens with one attached hydrogen (secondary N) is 2. The fraction of sp³-hybridized carbons (Fsp3) is 0.556. The number of nitrogens with zero attached hydrogens (tertiary/aromatic N) is 5. The average Bonchev–Trinajstić information content (AvgIpc) is 3.32. The van der Waals surface area contributed by atoms with Crippen molar-refractivity contribution in [3.63, 3.8) is 0 Å². The van der Waals surface area contributed by atoms with E-state index >= 15 is 0 Å². The first-order valence-corrected chi connectivity index (χ1v) is 13.1. The summed E-state index contributed by atoms with van der Waals surface area (Å²) in [6.45, 7) is 3.89. The van der Waals surface area contributed by atoms with Crippen LogP contribution in [0, 0.1) is 11.8 Å². The van der Waals surface area contributed by atoms with E-state index in [1.165, 1.54) is 24.1 Å². The lowest BCUT2D eigenvalue weighted by Gasteiger charge is -2.32. The van der Waals surface area contributed by atoms with Crippen LogP contribution in [0.25, 0.3) is 16.6 Å². The fourth-order valence-corrected chi connectivity index (χ4v) is 6.08. The number of anilines is 1. The molecule has 0 aromatic carbocycles. The maximum Gasteiger partial charge on any atom is 0.241 e. The molecule has 5 heterocycles. The van der Waals surface area contributed by atoms with E-state index in [9.17, 15) is 0 Å². The molecule has 1 saturated carbocycles. The third-order valence-electron chi connectivity index (χ3n) is 8.23. The molecule has 2 fully saturated rings. The molecule has 0 bridgehead atoms. The molecule has 35 heavy (non-hydrogen) atoms. The Balaban J connectivity index is 1.22. The van der Waals surface area contributed by atoms with Crippen LogP contribution in [0.3, 0.4) is 0 Å². The maximum atomic E-state index is 5.59. The van der Waals surface area contributed by atoms with Gasteiger partial charge in [0.15, 0.2) is 5.82 Å². The number of hydrogen-bond acceptors (Lipinski definition) is 7. The Morgan fingerprint density at radius 2 is 1.80 bits per heavy atom. The standard InChI is InChI=1S/C27H35N7O/c1-17-24(18-8-11-35-12-9-18)14-19-13-20(15-29-26(19)31-17)23-7-10-34-25(23)16-30-27(33-34)32-22-5-3-21(28-2)4-6-22/h7,10,13,15-16,18,21-22,24,28H,3-6,8-9,11-12,14H2,1-2H3,(H,32,33)/t21?,22?,24-/m0/s1. The molecule has 0 radical (unpaired) electrons. The van der Waals surface area contributed by atoms with E-state index in [2.05, 4.69) is 41.7 Å². The summed E-state index contributed by atoms with van der Waals surface area (Å²) in [6, 6.07) is 5.45. The molecule has 8 nitrogen and oxygen atoms in total. The van der Waals surface area contributed by atoms with Crippen LogP contribution in [0.5, 0.6) is 0 Å². The topological polar surface area (TPSA) is 88.7 Å². The molecule has 2 N–H and O–H groups in total. The Hall–Kier alpha value is -2.84. The van der Waals surface area contributed by atoms with Gasteiger partial charge in [-0.1, -0.05) is 0 Å². The zero-order chi connectivity index (χ0) is 23.8. The van der Waals surface area contributed by atoms with E-state index in [-0.39, 0.29) is 0 Å². The number of ether oxygens (including phenoxy) is 1. The van der Waals surface area contributed by atoms with Crippen molar-refractivity contribution in [3.05, 3.63) is 36.3 Å². The predicted molar refractivity (Wildman–Crippen MR) is 138 cm³/mol. The van der Waals surface area contributed by atoms with Gasteiger partial charge in [0.1, 0.15) is 0 Å². The summed E-state index contributed by atoms with van der Waals surface area (Å²) in [4.78, 5) is 14.3. The highest BCUT2D eigenvalue weighted by Gasteiger charge is 2.30. The van der Waals surface area contributed by atoms with Crippen molar-refractivity contribution >= 4 is 23.0 Å². The lowest BCUT2D eigenvalue weighted by molar-refractivity contribution is 0.0560. The summed E-state index contributed by atoms with van der Waals surface area (Å²) in [6.07, 6.45) is 13.8. The van der Waals surface area contributed by atoms with E-state index in [0.29, 0.717) is 29.9 Å². The molecule has 184 valence electrons. The number of aliphatic imine (C=N–C) groups is 1. The molecule has 2 aliphatic heterocycles. The quantitative estimate of drug-likeness (QED) is 0.570.